The summed E-state index contributed by atoms with van der Waals surface area (Å²) >= 11 is 1.21. The maximum atomic E-state index is 13.7. The van der Waals surface area contributed by atoms with Crippen molar-refractivity contribution >= 4 is 11.8 Å². The van der Waals surface area contributed by atoms with Crippen LogP contribution in [0.2, 0.25) is 0 Å². The number of furan rings is 1. The lowest BCUT2D eigenvalue weighted by Crippen LogP contribution is -2.05. The van der Waals surface area contributed by atoms with Crippen LogP contribution in [-0.2, 0) is 18.9 Å². The van der Waals surface area contributed by atoms with Crippen LogP contribution in [0.5, 0.6) is 0 Å². The van der Waals surface area contributed by atoms with Gasteiger partial charge in [0.15, 0.2) is 5.16 Å². The summed E-state index contributed by atoms with van der Waals surface area (Å²) in [5, 5.41) is 9.98. The average molecular weight is 336 g/mol. The first-order valence-corrected chi connectivity index (χ1v) is 7.91. The van der Waals surface area contributed by atoms with E-state index < -0.39 is 11.6 Å². The van der Waals surface area contributed by atoms with Crippen LogP contribution in [0.15, 0.2) is 52.4 Å². The first-order valence-electron chi connectivity index (χ1n) is 6.92. The highest BCUT2D eigenvalue weighted by Gasteiger charge is 2.14. The molecule has 7 heteroatoms. The van der Waals surface area contributed by atoms with Crippen LogP contribution >= 0.6 is 11.8 Å². The molecule has 0 radical (unpaired) electrons. The number of nitrogens with zero attached hydrogens (tertiary/aromatic N) is 2. The smallest absolute Gasteiger partial charge is 0.168 e. The zero-order chi connectivity index (χ0) is 16.2. The van der Waals surface area contributed by atoms with Crippen LogP contribution in [0, 0.1) is 11.6 Å². The van der Waals surface area contributed by atoms with Crippen molar-refractivity contribution in [2.24, 2.45) is 0 Å². The molecule has 0 unspecified atom stereocenters. The minimum absolute atomic E-state index is 0.00981. The number of hydrogen-bond acceptors (Lipinski definition) is 4. The van der Waals surface area contributed by atoms with Gasteiger partial charge in [-0.3, -0.25) is 0 Å². The van der Waals surface area contributed by atoms with Gasteiger partial charge in [0.25, 0.3) is 0 Å². The normalized spacial score (nSPS) is 11.1. The predicted octanol–water partition coefficient (Wildman–Crippen LogP) is 3.59. The van der Waals surface area contributed by atoms with Gasteiger partial charge in [0.1, 0.15) is 17.4 Å². The zero-order valence-electron chi connectivity index (χ0n) is 12.1. The van der Waals surface area contributed by atoms with Gasteiger partial charge >= 0.3 is 0 Å². The molecular formula is C16H14F2N2O2S. The number of benzene rings is 1. The molecule has 23 heavy (non-hydrogen) atoms. The molecule has 2 heterocycles. The number of aromatic nitrogens is 2. The molecule has 0 amide bonds. The largest absolute Gasteiger partial charge is 0.467 e. The van der Waals surface area contributed by atoms with Crippen LogP contribution < -0.4 is 0 Å². The third-order valence-corrected chi connectivity index (χ3v) is 4.38. The van der Waals surface area contributed by atoms with Crippen molar-refractivity contribution in [2.45, 2.75) is 24.1 Å². The Balaban J connectivity index is 1.81. The second-order valence-corrected chi connectivity index (χ2v) is 5.79. The van der Waals surface area contributed by atoms with Crippen molar-refractivity contribution < 1.29 is 18.3 Å². The van der Waals surface area contributed by atoms with E-state index in [9.17, 15) is 13.9 Å². The van der Waals surface area contributed by atoms with E-state index in [1.54, 1.807) is 23.1 Å². The molecule has 1 N–H and O–H groups in total. The summed E-state index contributed by atoms with van der Waals surface area (Å²) in [6.07, 6.45) is 3.11. The number of aliphatic hydroxyl groups is 1. The maximum Gasteiger partial charge on any atom is 0.168 e. The summed E-state index contributed by atoms with van der Waals surface area (Å²) in [6, 6.07) is 7.38. The molecule has 0 aliphatic rings. The van der Waals surface area contributed by atoms with Crippen LogP contribution in [-0.4, -0.2) is 14.7 Å². The minimum atomic E-state index is -0.580. The van der Waals surface area contributed by atoms with Crippen molar-refractivity contribution in [3.8, 4) is 0 Å². The lowest BCUT2D eigenvalue weighted by atomic mass is 10.2. The van der Waals surface area contributed by atoms with Crippen LogP contribution in [0.3, 0.4) is 0 Å². The van der Waals surface area contributed by atoms with E-state index in [-0.39, 0.29) is 17.9 Å². The van der Waals surface area contributed by atoms with Gasteiger partial charge in [0, 0.05) is 11.3 Å². The van der Waals surface area contributed by atoms with Gasteiger partial charge in [0.05, 0.1) is 31.3 Å². The highest BCUT2D eigenvalue weighted by Crippen LogP contribution is 2.26. The van der Waals surface area contributed by atoms with E-state index in [1.807, 2.05) is 6.07 Å². The summed E-state index contributed by atoms with van der Waals surface area (Å²) < 4.78 is 34.5. The summed E-state index contributed by atoms with van der Waals surface area (Å²) in [4.78, 5) is 4.22. The number of hydrogen-bond donors (Lipinski definition) is 1. The second kappa shape index (κ2) is 6.97. The predicted molar refractivity (Wildman–Crippen MR) is 81.9 cm³/mol. The van der Waals surface area contributed by atoms with Crippen molar-refractivity contribution in [1.29, 1.82) is 0 Å². The van der Waals surface area contributed by atoms with E-state index in [1.165, 1.54) is 30.0 Å². The molecule has 0 bridgehead atoms. The Morgan fingerprint density at radius 1 is 1.17 bits per heavy atom. The maximum absolute atomic E-state index is 13.7. The molecule has 0 saturated carbocycles. The van der Waals surface area contributed by atoms with Crippen LogP contribution in [0.1, 0.15) is 17.0 Å². The Labute approximate surface area is 135 Å². The molecule has 120 valence electrons. The Bertz CT molecular complexity index is 767. The standard InChI is InChI=1S/C16H14F2N2O2S/c17-14-4-1-5-15(18)13(14)10-23-16-19-7-11(9-21)20(16)8-12-3-2-6-22-12/h1-7,21H,8-10H2. The fourth-order valence-electron chi connectivity index (χ4n) is 2.17. The molecule has 0 atom stereocenters. The third kappa shape index (κ3) is 3.46. The third-order valence-electron chi connectivity index (χ3n) is 3.36. The first kappa shape index (κ1) is 15.8. The molecule has 0 saturated heterocycles. The van der Waals surface area contributed by atoms with Crippen molar-refractivity contribution in [2.75, 3.05) is 0 Å². The van der Waals surface area contributed by atoms with Crippen molar-refractivity contribution in [1.82, 2.24) is 9.55 Å². The van der Waals surface area contributed by atoms with Crippen LogP contribution in [0.4, 0.5) is 8.78 Å². The fraction of sp³-hybridized carbons (Fsp3) is 0.188. The van der Waals surface area contributed by atoms with E-state index >= 15 is 0 Å². The monoisotopic (exact) mass is 336 g/mol. The van der Waals surface area contributed by atoms with Gasteiger partial charge in [-0.05, 0) is 24.3 Å². The molecule has 3 aromatic rings. The lowest BCUT2D eigenvalue weighted by molar-refractivity contribution is 0.269. The second-order valence-electron chi connectivity index (χ2n) is 4.84. The molecule has 0 aliphatic carbocycles. The van der Waals surface area contributed by atoms with Gasteiger partial charge in [-0.1, -0.05) is 17.8 Å². The molecule has 0 fully saturated rings. The Morgan fingerprint density at radius 3 is 2.61 bits per heavy atom. The average Bonchev–Trinajstić information content (AvgIpc) is 3.17. The van der Waals surface area contributed by atoms with E-state index in [4.69, 9.17) is 4.42 Å². The van der Waals surface area contributed by atoms with Gasteiger partial charge in [-0.25, -0.2) is 13.8 Å². The number of rotatable bonds is 6. The van der Waals surface area contributed by atoms with Crippen LogP contribution in [0.25, 0.3) is 0 Å². The first-order chi connectivity index (χ1) is 11.2. The van der Waals surface area contributed by atoms with E-state index in [0.29, 0.717) is 23.2 Å². The zero-order valence-corrected chi connectivity index (χ0v) is 12.9. The number of halogens is 2. The molecule has 0 aliphatic heterocycles. The Morgan fingerprint density at radius 2 is 1.96 bits per heavy atom. The summed E-state index contributed by atoms with van der Waals surface area (Å²) in [5.74, 6) is -0.344. The van der Waals surface area contributed by atoms with E-state index in [0.717, 1.165) is 0 Å². The van der Waals surface area contributed by atoms with Gasteiger partial charge in [-0.15, -0.1) is 0 Å². The number of thioether (sulfide) groups is 1. The highest BCUT2D eigenvalue weighted by molar-refractivity contribution is 7.98. The van der Waals surface area contributed by atoms with Gasteiger partial charge < -0.3 is 14.1 Å². The number of imidazole rings is 1. The summed E-state index contributed by atoms with van der Waals surface area (Å²) in [6.45, 7) is 0.216. The molecule has 1 aromatic carbocycles. The molecule has 0 spiro atoms. The SMILES string of the molecule is OCc1cnc(SCc2c(F)cccc2F)n1Cc1ccco1. The quantitative estimate of drug-likeness (QED) is 0.699. The Hall–Kier alpha value is -2.12. The Kier molecular flexibility index (Phi) is 4.78. The molecule has 3 rings (SSSR count). The topological polar surface area (TPSA) is 51.2 Å². The number of aliphatic hydroxyl groups excluding tert-OH is 1. The summed E-state index contributed by atoms with van der Waals surface area (Å²) in [5.41, 5.74) is 0.619. The summed E-state index contributed by atoms with van der Waals surface area (Å²) in [7, 11) is 0. The molecular weight excluding hydrogens is 322 g/mol. The van der Waals surface area contributed by atoms with Crippen molar-refractivity contribution in [3.05, 3.63) is 71.4 Å². The minimum Gasteiger partial charge on any atom is -0.467 e. The molecule has 2 aromatic heterocycles. The highest BCUT2D eigenvalue weighted by atomic mass is 32.2. The molecule has 4 nitrogen and oxygen atoms in total. The lowest BCUT2D eigenvalue weighted by Gasteiger charge is -2.09. The van der Waals surface area contributed by atoms with E-state index in [2.05, 4.69) is 4.98 Å². The van der Waals surface area contributed by atoms with Crippen molar-refractivity contribution in [3.63, 3.8) is 0 Å². The van der Waals surface area contributed by atoms with Gasteiger partial charge in [-0.2, -0.15) is 0 Å². The fourth-order valence-corrected chi connectivity index (χ4v) is 3.18. The van der Waals surface area contributed by atoms with Gasteiger partial charge in [0.2, 0.25) is 0 Å².